The highest BCUT2D eigenvalue weighted by Gasteiger charge is 2.34. The number of benzene rings is 3. The summed E-state index contributed by atoms with van der Waals surface area (Å²) in [5.74, 6) is 1.29. The fraction of sp³-hybridized carbons (Fsp3) is 0.375. The van der Waals surface area contributed by atoms with Crippen molar-refractivity contribution in [3.8, 4) is 17.2 Å². The number of carbonyl (C=O) groups excluding carboxylic acids is 2. The molecule has 2 aliphatic rings. The van der Waals surface area contributed by atoms with Gasteiger partial charge in [0.1, 0.15) is 11.9 Å². The summed E-state index contributed by atoms with van der Waals surface area (Å²) in [7, 11) is 1.97. The molecule has 5 rings (SSSR count). The van der Waals surface area contributed by atoms with E-state index in [2.05, 4.69) is 15.5 Å². The predicted molar refractivity (Wildman–Crippen MR) is 161 cm³/mol. The van der Waals surface area contributed by atoms with E-state index >= 15 is 0 Å². The molecule has 3 amide bonds. The number of ether oxygens (including phenoxy) is 3. The van der Waals surface area contributed by atoms with Crippen molar-refractivity contribution in [3.63, 3.8) is 0 Å². The first-order chi connectivity index (χ1) is 21.4. The number of fused-ring (bicyclic) bond motifs is 2. The molecular weight excluding hydrogens is 593 g/mol. The fourth-order valence-corrected chi connectivity index (χ4v) is 5.28. The summed E-state index contributed by atoms with van der Waals surface area (Å²) < 4.78 is 55.9. The smallest absolute Gasteiger partial charge is 0.416 e. The van der Waals surface area contributed by atoms with Crippen LogP contribution in [0.3, 0.4) is 0 Å². The second-order valence-electron chi connectivity index (χ2n) is 11.4. The Balaban J connectivity index is 1.32. The number of halogens is 3. The summed E-state index contributed by atoms with van der Waals surface area (Å²) in [6.45, 7) is 5.18. The molecule has 2 aliphatic heterocycles. The molecule has 240 valence electrons. The molecule has 10 nitrogen and oxygen atoms in total. The van der Waals surface area contributed by atoms with Crippen molar-refractivity contribution < 1.29 is 42.1 Å². The van der Waals surface area contributed by atoms with Crippen LogP contribution in [0.5, 0.6) is 17.2 Å². The molecule has 0 radical (unpaired) electrons. The number of alkyl halides is 3. The highest BCUT2D eigenvalue weighted by Crippen LogP contribution is 2.34. The van der Waals surface area contributed by atoms with Crippen molar-refractivity contribution in [2.24, 2.45) is 5.92 Å². The molecule has 0 saturated heterocycles. The molecule has 3 aromatic carbocycles. The molecular formula is C32H35F3N4O6. The minimum Gasteiger partial charge on any atom is -0.488 e. The fourth-order valence-electron chi connectivity index (χ4n) is 5.28. The Labute approximate surface area is 258 Å². The largest absolute Gasteiger partial charge is 0.488 e. The molecule has 2 heterocycles. The van der Waals surface area contributed by atoms with E-state index in [1.807, 2.05) is 32.2 Å². The lowest BCUT2D eigenvalue weighted by Gasteiger charge is -2.38. The monoisotopic (exact) mass is 628 g/mol. The van der Waals surface area contributed by atoms with E-state index in [1.165, 1.54) is 6.07 Å². The number of urea groups is 1. The van der Waals surface area contributed by atoms with Crippen molar-refractivity contribution in [2.45, 2.75) is 38.7 Å². The number of aliphatic hydroxyl groups is 1. The van der Waals surface area contributed by atoms with Gasteiger partial charge in [-0.1, -0.05) is 13.0 Å². The number of likely N-dealkylation sites (N-methyl/N-ethyl adjacent to an activating group) is 1. The lowest BCUT2D eigenvalue weighted by molar-refractivity contribution is -0.137. The molecule has 45 heavy (non-hydrogen) atoms. The van der Waals surface area contributed by atoms with E-state index < -0.39 is 23.8 Å². The summed E-state index contributed by atoms with van der Waals surface area (Å²) in [5, 5.41) is 15.0. The quantitative estimate of drug-likeness (QED) is 0.305. The van der Waals surface area contributed by atoms with Crippen molar-refractivity contribution in [2.75, 3.05) is 44.2 Å². The number of nitrogens with zero attached hydrogens (tertiary/aromatic N) is 2. The second kappa shape index (κ2) is 13.2. The van der Waals surface area contributed by atoms with E-state index in [-0.39, 0.29) is 48.3 Å². The van der Waals surface area contributed by atoms with Gasteiger partial charge in [0.15, 0.2) is 11.5 Å². The van der Waals surface area contributed by atoms with Crippen LogP contribution in [0.25, 0.3) is 0 Å². The number of hydrogen-bond donors (Lipinski definition) is 3. The third-order valence-corrected chi connectivity index (χ3v) is 7.77. The normalized spacial score (nSPS) is 18.5. The maximum Gasteiger partial charge on any atom is 0.416 e. The Morgan fingerprint density at radius 3 is 2.40 bits per heavy atom. The van der Waals surface area contributed by atoms with Crippen LogP contribution in [0.4, 0.5) is 29.3 Å². The van der Waals surface area contributed by atoms with Crippen molar-refractivity contribution in [1.82, 2.24) is 9.80 Å². The maximum absolute atomic E-state index is 13.7. The van der Waals surface area contributed by atoms with Gasteiger partial charge in [-0.2, -0.15) is 13.2 Å². The van der Waals surface area contributed by atoms with E-state index in [0.29, 0.717) is 36.9 Å². The van der Waals surface area contributed by atoms with Crippen LogP contribution >= 0.6 is 0 Å². The summed E-state index contributed by atoms with van der Waals surface area (Å²) in [4.78, 5) is 30.1. The van der Waals surface area contributed by atoms with Crippen LogP contribution in [-0.2, 0) is 12.7 Å². The molecule has 13 heteroatoms. The predicted octanol–water partition coefficient (Wildman–Crippen LogP) is 5.43. The number of rotatable bonds is 8. The highest BCUT2D eigenvalue weighted by molar-refractivity contribution is 6.02. The Morgan fingerprint density at radius 2 is 1.69 bits per heavy atom. The Kier molecular flexibility index (Phi) is 9.40. The van der Waals surface area contributed by atoms with Crippen LogP contribution in [0.2, 0.25) is 0 Å². The first kappa shape index (κ1) is 31.9. The Morgan fingerprint density at radius 1 is 1.02 bits per heavy atom. The van der Waals surface area contributed by atoms with Crippen molar-refractivity contribution >= 4 is 23.3 Å². The SMILES string of the molecule is C[C@@H]1CN([C@H](C)CO)C(=O)c2cc(NC(=O)Nc3ccc(C(F)(F)F)cc3)ccc2O[C@@H]1CN(C)Cc1ccc2c(c1)OCO2. The zero-order valence-corrected chi connectivity index (χ0v) is 25.1. The molecule has 0 spiro atoms. The van der Waals surface area contributed by atoms with Gasteiger partial charge in [0.25, 0.3) is 5.91 Å². The number of aliphatic hydroxyl groups excluding tert-OH is 1. The average molecular weight is 629 g/mol. The van der Waals surface area contributed by atoms with Gasteiger partial charge in [-0.15, -0.1) is 0 Å². The van der Waals surface area contributed by atoms with Gasteiger partial charge in [0.2, 0.25) is 6.79 Å². The summed E-state index contributed by atoms with van der Waals surface area (Å²) in [5.41, 5.74) is 0.851. The van der Waals surface area contributed by atoms with Gasteiger partial charge < -0.3 is 34.9 Å². The van der Waals surface area contributed by atoms with Crippen molar-refractivity contribution in [1.29, 1.82) is 0 Å². The first-order valence-electron chi connectivity index (χ1n) is 14.5. The van der Waals surface area contributed by atoms with Crippen LogP contribution in [0, 0.1) is 5.92 Å². The second-order valence-corrected chi connectivity index (χ2v) is 11.4. The molecule has 0 unspecified atom stereocenters. The molecule has 3 N–H and O–H groups in total. The van der Waals surface area contributed by atoms with Gasteiger partial charge in [-0.3, -0.25) is 9.69 Å². The van der Waals surface area contributed by atoms with E-state index in [0.717, 1.165) is 29.8 Å². The third-order valence-electron chi connectivity index (χ3n) is 7.77. The van der Waals surface area contributed by atoms with Gasteiger partial charge >= 0.3 is 12.2 Å². The molecule has 0 aromatic heterocycles. The maximum atomic E-state index is 13.7. The zero-order valence-electron chi connectivity index (χ0n) is 25.1. The average Bonchev–Trinajstić information content (AvgIpc) is 3.46. The minimum atomic E-state index is -4.49. The molecule has 0 fully saturated rings. The summed E-state index contributed by atoms with van der Waals surface area (Å²) in [6, 6.07) is 13.4. The van der Waals surface area contributed by atoms with E-state index in [9.17, 15) is 27.9 Å². The van der Waals surface area contributed by atoms with Gasteiger partial charge in [-0.25, -0.2) is 4.79 Å². The Bertz CT molecular complexity index is 1530. The zero-order chi connectivity index (χ0) is 32.3. The van der Waals surface area contributed by atoms with E-state index in [4.69, 9.17) is 14.2 Å². The van der Waals surface area contributed by atoms with Crippen LogP contribution < -0.4 is 24.8 Å². The van der Waals surface area contributed by atoms with Gasteiger partial charge in [-0.05, 0) is 74.1 Å². The van der Waals surface area contributed by atoms with Gasteiger partial charge in [0.05, 0.1) is 23.8 Å². The lowest BCUT2D eigenvalue weighted by atomic mass is 9.99. The highest BCUT2D eigenvalue weighted by atomic mass is 19.4. The first-order valence-corrected chi connectivity index (χ1v) is 14.5. The van der Waals surface area contributed by atoms with Crippen LogP contribution in [-0.4, -0.2) is 72.5 Å². The third kappa shape index (κ3) is 7.60. The lowest BCUT2D eigenvalue weighted by Crippen LogP contribution is -2.49. The van der Waals surface area contributed by atoms with Crippen molar-refractivity contribution in [3.05, 3.63) is 77.4 Å². The standard InChI is InChI=1S/C32H35F3N4O6/c1-19-14-39(20(2)17-40)30(41)25-13-24(37-31(42)36-23-7-5-22(6-8-23)32(33,34)35)9-11-26(25)45-29(19)16-38(3)15-21-4-10-27-28(12-21)44-18-43-27/h4-13,19-20,29,40H,14-18H2,1-3H3,(H2,36,37,42)/t19-,20-,29-/m1/s1. The molecule has 0 aliphatic carbocycles. The molecule has 3 aromatic rings. The number of amides is 3. The number of hydrogen-bond acceptors (Lipinski definition) is 7. The number of anilines is 2. The molecule has 3 atom stereocenters. The van der Waals surface area contributed by atoms with Crippen LogP contribution in [0.15, 0.2) is 60.7 Å². The Hall–Kier alpha value is -4.49. The minimum absolute atomic E-state index is 0.0948. The number of nitrogens with one attached hydrogen (secondary N) is 2. The molecule has 0 bridgehead atoms. The van der Waals surface area contributed by atoms with Gasteiger partial charge in [0, 0.05) is 36.9 Å². The summed E-state index contributed by atoms with van der Waals surface area (Å²) in [6.07, 6.45) is -4.82. The van der Waals surface area contributed by atoms with E-state index in [1.54, 1.807) is 24.0 Å². The topological polar surface area (TPSA) is 113 Å². The number of carbonyl (C=O) groups is 2. The van der Waals surface area contributed by atoms with Crippen LogP contribution in [0.1, 0.15) is 35.3 Å². The molecule has 0 saturated carbocycles. The summed E-state index contributed by atoms with van der Waals surface area (Å²) >= 11 is 0.